The highest BCUT2D eigenvalue weighted by molar-refractivity contribution is 5.99. The van der Waals surface area contributed by atoms with Crippen LogP contribution in [0.4, 0.5) is 8.78 Å². The molecule has 2 aliphatic heterocycles. The Hall–Kier alpha value is -3.23. The maximum Gasteiger partial charge on any atom is 0.274 e. The minimum absolute atomic E-state index is 0.114. The van der Waals surface area contributed by atoms with Gasteiger partial charge in [0.2, 0.25) is 5.43 Å². The molecule has 2 aliphatic rings. The smallest absolute Gasteiger partial charge is 0.274 e. The second kappa shape index (κ2) is 8.03. The molecule has 2 amide bonds. The molecule has 0 radical (unpaired) electrons. The molecule has 9 heteroatoms. The molecule has 1 aromatic heterocycles. The topological polar surface area (TPSA) is 91.6 Å². The summed E-state index contributed by atoms with van der Waals surface area (Å²) in [5, 5.41) is 13.0. The van der Waals surface area contributed by atoms with Crippen LogP contribution in [-0.2, 0) is 12.1 Å². The fraction of sp³-hybridized carbons (Fsp3) is 0.435. The summed E-state index contributed by atoms with van der Waals surface area (Å²) in [5.74, 6) is -3.71. The zero-order valence-electron chi connectivity index (χ0n) is 18.0. The van der Waals surface area contributed by atoms with E-state index in [2.05, 4.69) is 5.32 Å². The normalized spacial score (nSPS) is 20.0. The lowest BCUT2D eigenvalue weighted by Crippen LogP contribution is -2.53. The molecule has 1 atom stereocenters. The third-order valence-corrected chi connectivity index (χ3v) is 6.60. The van der Waals surface area contributed by atoms with Crippen LogP contribution < -0.4 is 10.7 Å². The van der Waals surface area contributed by atoms with E-state index >= 15 is 0 Å². The van der Waals surface area contributed by atoms with Crippen molar-refractivity contribution in [3.8, 4) is 5.75 Å². The molecule has 3 heterocycles. The van der Waals surface area contributed by atoms with Gasteiger partial charge in [0.25, 0.3) is 11.8 Å². The molecule has 1 fully saturated rings. The molecule has 4 rings (SSSR count). The fourth-order valence-corrected chi connectivity index (χ4v) is 4.75. The summed E-state index contributed by atoms with van der Waals surface area (Å²) in [4.78, 5) is 40.2. The zero-order chi connectivity index (χ0) is 23.2. The molecule has 0 aliphatic carbocycles. The Balaban J connectivity index is 1.73. The summed E-state index contributed by atoms with van der Waals surface area (Å²) in [7, 11) is 0. The first-order valence-corrected chi connectivity index (χ1v) is 10.7. The predicted octanol–water partition coefficient (Wildman–Crippen LogP) is 2.82. The van der Waals surface area contributed by atoms with Crippen LogP contribution in [0.15, 0.2) is 23.1 Å². The van der Waals surface area contributed by atoms with Crippen LogP contribution in [0.25, 0.3) is 0 Å². The number of nitrogens with zero attached hydrogens (tertiary/aromatic N) is 2. The van der Waals surface area contributed by atoms with Gasteiger partial charge in [-0.15, -0.1) is 0 Å². The number of fused-ring (bicyclic) bond motifs is 4. The van der Waals surface area contributed by atoms with Gasteiger partial charge in [0, 0.05) is 31.4 Å². The summed E-state index contributed by atoms with van der Waals surface area (Å²) in [6.45, 7) is 4.01. The van der Waals surface area contributed by atoms with Gasteiger partial charge in [0.15, 0.2) is 11.4 Å². The monoisotopic (exact) mass is 445 g/mol. The van der Waals surface area contributed by atoms with E-state index in [0.717, 1.165) is 31.4 Å². The summed E-state index contributed by atoms with van der Waals surface area (Å²) < 4.78 is 29.8. The number of hydrogen-bond acceptors (Lipinski definition) is 4. The van der Waals surface area contributed by atoms with Crippen molar-refractivity contribution in [1.29, 1.82) is 0 Å². The van der Waals surface area contributed by atoms with Crippen molar-refractivity contribution in [2.24, 2.45) is 0 Å². The van der Waals surface area contributed by atoms with Crippen molar-refractivity contribution in [3.05, 3.63) is 62.6 Å². The third kappa shape index (κ3) is 3.45. The predicted molar refractivity (Wildman–Crippen MR) is 113 cm³/mol. The SMILES string of the molecule is CC[C@]12CCCCN(C1)C(=O)c1c(O)c(=O)c(C(=O)NCc3c(F)cc(C)cc3F)cn12. The summed E-state index contributed by atoms with van der Waals surface area (Å²) in [5.41, 5.74) is -1.95. The third-order valence-electron chi connectivity index (χ3n) is 6.60. The van der Waals surface area contributed by atoms with E-state index in [4.69, 9.17) is 0 Å². The molecule has 0 spiro atoms. The molecule has 1 saturated heterocycles. The van der Waals surface area contributed by atoms with Gasteiger partial charge in [-0.3, -0.25) is 14.4 Å². The number of benzene rings is 1. The van der Waals surface area contributed by atoms with Crippen LogP contribution in [0, 0.1) is 18.6 Å². The number of nitrogens with one attached hydrogen (secondary N) is 1. The van der Waals surface area contributed by atoms with Crippen molar-refractivity contribution in [1.82, 2.24) is 14.8 Å². The molecular weight excluding hydrogens is 420 g/mol. The molecule has 7 nitrogen and oxygen atoms in total. The Labute approximate surface area is 183 Å². The van der Waals surface area contributed by atoms with E-state index in [1.807, 2.05) is 6.92 Å². The van der Waals surface area contributed by atoms with Gasteiger partial charge < -0.3 is 19.9 Å². The highest BCUT2D eigenvalue weighted by atomic mass is 19.1. The second-order valence-electron chi connectivity index (χ2n) is 8.59. The van der Waals surface area contributed by atoms with E-state index in [1.54, 1.807) is 16.4 Å². The minimum Gasteiger partial charge on any atom is -0.503 e. The summed E-state index contributed by atoms with van der Waals surface area (Å²) >= 11 is 0. The van der Waals surface area contributed by atoms with Crippen molar-refractivity contribution in [2.75, 3.05) is 13.1 Å². The quantitative estimate of drug-likeness (QED) is 0.757. The molecule has 2 N–H and O–H groups in total. The lowest BCUT2D eigenvalue weighted by Gasteiger charge is -2.44. The number of amides is 2. The van der Waals surface area contributed by atoms with Gasteiger partial charge in [-0.25, -0.2) is 8.78 Å². The maximum atomic E-state index is 14.1. The van der Waals surface area contributed by atoms with Gasteiger partial charge in [-0.1, -0.05) is 6.92 Å². The van der Waals surface area contributed by atoms with Crippen LogP contribution in [0.5, 0.6) is 5.75 Å². The van der Waals surface area contributed by atoms with Gasteiger partial charge in [0.05, 0.1) is 5.54 Å². The lowest BCUT2D eigenvalue weighted by molar-refractivity contribution is 0.0559. The van der Waals surface area contributed by atoms with E-state index in [1.165, 1.54) is 6.20 Å². The van der Waals surface area contributed by atoms with E-state index < -0.39 is 46.7 Å². The van der Waals surface area contributed by atoms with Crippen molar-refractivity contribution in [3.63, 3.8) is 0 Å². The largest absolute Gasteiger partial charge is 0.503 e. The number of hydrogen-bond donors (Lipinski definition) is 2. The van der Waals surface area contributed by atoms with Crippen LogP contribution in [0.1, 0.15) is 64.6 Å². The maximum absolute atomic E-state index is 14.1. The molecule has 170 valence electrons. The Morgan fingerprint density at radius 1 is 1.22 bits per heavy atom. The Morgan fingerprint density at radius 2 is 1.91 bits per heavy atom. The first-order chi connectivity index (χ1) is 15.2. The van der Waals surface area contributed by atoms with Crippen LogP contribution in [-0.4, -0.2) is 39.5 Å². The number of aromatic hydroxyl groups is 1. The van der Waals surface area contributed by atoms with Gasteiger partial charge in [0.1, 0.15) is 17.2 Å². The van der Waals surface area contributed by atoms with Crippen LogP contribution in [0.2, 0.25) is 0 Å². The number of pyridine rings is 1. The Kier molecular flexibility index (Phi) is 5.52. The number of aromatic nitrogens is 1. The zero-order valence-corrected chi connectivity index (χ0v) is 18.0. The minimum atomic E-state index is -0.988. The average molecular weight is 445 g/mol. The van der Waals surface area contributed by atoms with Crippen LogP contribution >= 0.6 is 0 Å². The molecular formula is C23H25F2N3O4. The standard InChI is InChI=1S/C23H25F2N3O4/c1-3-23-6-4-5-7-27(12-23)22(32)18-20(30)19(29)15(11-28(18)23)21(31)26-10-14-16(24)8-13(2)9-17(14)25/h8-9,11,30H,3-7,10,12H2,1-2H3,(H,26,31)/t23-/m0/s1. The second-order valence-corrected chi connectivity index (χ2v) is 8.59. The van der Waals surface area contributed by atoms with E-state index in [0.29, 0.717) is 25.1 Å². The Bertz CT molecular complexity index is 1150. The number of halogens is 2. The van der Waals surface area contributed by atoms with Crippen molar-refractivity contribution >= 4 is 11.8 Å². The first-order valence-electron chi connectivity index (χ1n) is 10.7. The molecule has 32 heavy (non-hydrogen) atoms. The summed E-state index contributed by atoms with van der Waals surface area (Å²) in [6, 6.07) is 2.30. The molecule has 2 bridgehead atoms. The Morgan fingerprint density at radius 3 is 2.56 bits per heavy atom. The average Bonchev–Trinajstić information content (AvgIpc) is 2.94. The van der Waals surface area contributed by atoms with Crippen molar-refractivity contribution < 1.29 is 23.5 Å². The van der Waals surface area contributed by atoms with E-state index in [9.17, 15) is 28.3 Å². The number of rotatable bonds is 4. The summed E-state index contributed by atoms with van der Waals surface area (Å²) in [6.07, 6.45) is 4.33. The number of carbonyl (C=O) groups is 2. The molecule has 0 unspecified atom stereocenters. The number of carbonyl (C=O) groups excluding carboxylic acids is 2. The van der Waals surface area contributed by atoms with Gasteiger partial charge in [-0.2, -0.15) is 0 Å². The lowest BCUT2D eigenvalue weighted by atomic mass is 9.87. The van der Waals surface area contributed by atoms with Crippen molar-refractivity contribution in [2.45, 2.75) is 51.6 Å². The fourth-order valence-electron chi connectivity index (χ4n) is 4.75. The van der Waals surface area contributed by atoms with Gasteiger partial charge in [-0.05, 0) is 50.3 Å². The molecule has 2 aromatic rings. The molecule has 0 saturated carbocycles. The van der Waals surface area contributed by atoms with Gasteiger partial charge >= 0.3 is 0 Å². The number of aryl methyl sites for hydroxylation is 1. The van der Waals surface area contributed by atoms with Crippen LogP contribution in [0.3, 0.4) is 0 Å². The highest BCUT2D eigenvalue weighted by Crippen LogP contribution is 2.38. The first kappa shape index (κ1) is 22.0. The highest BCUT2D eigenvalue weighted by Gasteiger charge is 2.44. The van der Waals surface area contributed by atoms with E-state index in [-0.39, 0.29) is 16.8 Å². The molecule has 1 aromatic carbocycles.